The summed E-state index contributed by atoms with van der Waals surface area (Å²) >= 11 is 0. The van der Waals surface area contributed by atoms with Crippen LogP contribution in [0.1, 0.15) is 42.2 Å². The zero-order chi connectivity index (χ0) is 23.8. The third-order valence-corrected chi connectivity index (χ3v) is 10.1. The summed E-state index contributed by atoms with van der Waals surface area (Å²) in [5.41, 5.74) is 1.85. The maximum Gasteiger partial charge on any atom is 0.361 e. The highest BCUT2D eigenvalue weighted by molar-refractivity contribution is 6.78. The predicted octanol–water partition coefficient (Wildman–Crippen LogP) is 4.23. The number of carbonyl (C=O) groups excluding carboxylic acids is 1. The smallest absolute Gasteiger partial charge is 0.361 e. The summed E-state index contributed by atoms with van der Waals surface area (Å²) in [6.45, 7) is 11.2. The minimum absolute atomic E-state index is 0.0439. The molecule has 1 saturated carbocycles. The van der Waals surface area contributed by atoms with Crippen LogP contribution in [0.4, 0.5) is 5.95 Å². The highest BCUT2D eigenvalue weighted by atomic mass is 28.3. The van der Waals surface area contributed by atoms with Crippen LogP contribution in [0.3, 0.4) is 0 Å². The molecule has 1 unspecified atom stereocenters. The highest BCUT2D eigenvalue weighted by Gasteiger charge is 2.59. The summed E-state index contributed by atoms with van der Waals surface area (Å²) in [6.07, 6.45) is 3.56. The van der Waals surface area contributed by atoms with E-state index in [2.05, 4.69) is 29.5 Å². The van der Waals surface area contributed by atoms with Gasteiger partial charge in [0, 0.05) is 28.2 Å². The van der Waals surface area contributed by atoms with Gasteiger partial charge < -0.3 is 14.4 Å². The van der Waals surface area contributed by atoms with Gasteiger partial charge in [-0.1, -0.05) is 50.0 Å². The fourth-order valence-corrected chi connectivity index (χ4v) is 8.47. The molecule has 1 spiro atoms. The molecule has 178 valence electrons. The molecule has 0 bridgehead atoms. The maximum atomic E-state index is 13.3. The summed E-state index contributed by atoms with van der Waals surface area (Å²) in [6, 6.07) is 9.54. The zero-order valence-electron chi connectivity index (χ0n) is 20.4. The molecule has 7 nitrogen and oxygen atoms in total. The van der Waals surface area contributed by atoms with Crippen molar-refractivity contribution in [3.05, 3.63) is 51.9 Å². The van der Waals surface area contributed by atoms with Gasteiger partial charge in [0.15, 0.2) is 5.69 Å². The number of hydrogen-bond donors (Lipinski definition) is 0. The van der Waals surface area contributed by atoms with Crippen LogP contribution in [-0.2, 0) is 18.4 Å². The van der Waals surface area contributed by atoms with Crippen molar-refractivity contribution in [2.45, 2.75) is 58.0 Å². The highest BCUT2D eigenvalue weighted by Crippen LogP contribution is 2.67. The van der Waals surface area contributed by atoms with Crippen molar-refractivity contribution in [1.82, 2.24) is 9.55 Å². The molecular formula is C25H35N3O4Si. The van der Waals surface area contributed by atoms with Gasteiger partial charge in [-0.3, -0.25) is 9.36 Å². The first-order valence-corrected chi connectivity index (χ1v) is 15.4. The third kappa shape index (κ3) is 4.71. The zero-order valence-corrected chi connectivity index (χ0v) is 21.4. The molecule has 4 rings (SSSR count). The Bertz CT molecular complexity index is 1070. The number of nitrogens with zero attached hydrogens (tertiary/aromatic N) is 3. The van der Waals surface area contributed by atoms with Crippen LogP contribution in [0.5, 0.6) is 5.75 Å². The lowest BCUT2D eigenvalue weighted by Gasteiger charge is -2.36. The third-order valence-electron chi connectivity index (χ3n) is 7.20. The summed E-state index contributed by atoms with van der Waals surface area (Å²) in [5, 5.41) is 0. The molecule has 1 atom stereocenters. The van der Waals surface area contributed by atoms with E-state index in [1.54, 1.807) is 14.0 Å². The fourth-order valence-electron chi connectivity index (χ4n) is 5.33. The van der Waals surface area contributed by atoms with E-state index >= 15 is 0 Å². The van der Waals surface area contributed by atoms with Crippen LogP contribution in [0.2, 0.25) is 25.2 Å². The van der Waals surface area contributed by atoms with E-state index in [4.69, 9.17) is 9.47 Å². The Morgan fingerprint density at radius 1 is 1.18 bits per heavy atom. The van der Waals surface area contributed by atoms with Crippen LogP contribution in [0.25, 0.3) is 0 Å². The van der Waals surface area contributed by atoms with Gasteiger partial charge in [-0.25, -0.2) is 9.78 Å². The molecule has 33 heavy (non-hydrogen) atoms. The molecule has 1 aromatic heterocycles. The van der Waals surface area contributed by atoms with E-state index in [1.807, 2.05) is 30.3 Å². The largest absolute Gasteiger partial charge is 0.481 e. The van der Waals surface area contributed by atoms with E-state index in [0.717, 1.165) is 37.0 Å². The molecule has 1 saturated heterocycles. The molecular weight excluding hydrogens is 434 g/mol. The summed E-state index contributed by atoms with van der Waals surface area (Å²) in [5.74, 6) is -0.179. The van der Waals surface area contributed by atoms with Crippen molar-refractivity contribution < 1.29 is 14.3 Å². The number of aromatic nitrogens is 2. The lowest BCUT2D eigenvalue weighted by Crippen LogP contribution is -2.41. The topological polar surface area (TPSA) is 73.7 Å². The molecule has 2 fully saturated rings. The molecule has 0 radical (unpaired) electrons. The minimum Gasteiger partial charge on any atom is -0.481 e. The van der Waals surface area contributed by atoms with Gasteiger partial charge in [0.05, 0.1) is 6.61 Å². The Morgan fingerprint density at radius 2 is 1.85 bits per heavy atom. The van der Waals surface area contributed by atoms with Crippen LogP contribution < -0.4 is 15.2 Å². The molecule has 1 aliphatic carbocycles. The van der Waals surface area contributed by atoms with Crippen molar-refractivity contribution in [2.75, 3.05) is 24.6 Å². The maximum absolute atomic E-state index is 13.3. The molecule has 1 aromatic carbocycles. The monoisotopic (exact) mass is 469 g/mol. The van der Waals surface area contributed by atoms with E-state index in [9.17, 15) is 9.59 Å². The van der Waals surface area contributed by atoms with Gasteiger partial charge in [-0.05, 0) is 42.7 Å². The number of esters is 1. The summed E-state index contributed by atoms with van der Waals surface area (Å²) in [4.78, 5) is 32.7. The Kier molecular flexibility index (Phi) is 6.40. The quantitative estimate of drug-likeness (QED) is 0.446. The number of rotatable bonds is 7. The second-order valence-electron chi connectivity index (χ2n) is 10.4. The van der Waals surface area contributed by atoms with Crippen LogP contribution in [0, 0.1) is 5.41 Å². The van der Waals surface area contributed by atoms with Crippen LogP contribution in [0.15, 0.2) is 35.1 Å². The number of carbonyl (C=O) groups is 1. The molecule has 2 heterocycles. The lowest BCUT2D eigenvalue weighted by molar-refractivity contribution is 0.0512. The second kappa shape index (κ2) is 8.97. The first-order chi connectivity index (χ1) is 15.7. The molecule has 2 aliphatic rings. The van der Waals surface area contributed by atoms with Crippen molar-refractivity contribution in [2.24, 2.45) is 12.5 Å². The lowest BCUT2D eigenvalue weighted by atomic mass is 9.94. The second-order valence-corrected chi connectivity index (χ2v) is 15.8. The summed E-state index contributed by atoms with van der Waals surface area (Å²) in [7, 11) is 0.547. The number of anilines is 1. The summed E-state index contributed by atoms with van der Waals surface area (Å²) < 4.78 is 12.5. The van der Waals surface area contributed by atoms with E-state index in [0.29, 0.717) is 11.4 Å². The van der Waals surface area contributed by atoms with Crippen molar-refractivity contribution >= 4 is 20.0 Å². The Balaban J connectivity index is 1.59. The van der Waals surface area contributed by atoms with Gasteiger partial charge in [-0.2, -0.15) is 0 Å². The average molecular weight is 470 g/mol. The predicted molar refractivity (Wildman–Crippen MR) is 132 cm³/mol. The normalized spacial score (nSPS) is 19.4. The first-order valence-electron chi connectivity index (χ1n) is 11.9. The van der Waals surface area contributed by atoms with E-state index < -0.39 is 14.0 Å². The van der Waals surface area contributed by atoms with Crippen LogP contribution in [-0.4, -0.2) is 43.3 Å². The number of piperidine rings is 1. The molecule has 8 heteroatoms. The molecule has 0 N–H and O–H groups in total. The van der Waals surface area contributed by atoms with Crippen molar-refractivity contribution in [3.8, 4) is 5.75 Å². The van der Waals surface area contributed by atoms with Crippen molar-refractivity contribution in [1.29, 1.82) is 0 Å². The first kappa shape index (κ1) is 23.5. The number of hydrogen-bond acceptors (Lipinski definition) is 6. The SMILES string of the molecule is CCOC(=O)c1nc(N2CCC3(CC2)CC3[Si](C)(C)C)n(C)c(=O)c1OCc1ccccc1. The minimum atomic E-state index is -1.15. The van der Waals surface area contributed by atoms with Crippen LogP contribution >= 0.6 is 0 Å². The molecule has 0 amide bonds. The van der Waals surface area contributed by atoms with Gasteiger partial charge >= 0.3 is 5.97 Å². The molecule has 1 aliphatic heterocycles. The fraction of sp³-hybridized carbons (Fsp3) is 0.560. The van der Waals surface area contributed by atoms with Gasteiger partial charge in [0.2, 0.25) is 11.7 Å². The number of benzene rings is 1. The Labute approximate surface area is 196 Å². The molecule has 2 aromatic rings. The van der Waals surface area contributed by atoms with Crippen molar-refractivity contribution in [3.63, 3.8) is 0 Å². The van der Waals surface area contributed by atoms with Gasteiger partial charge in [-0.15, -0.1) is 0 Å². The van der Waals surface area contributed by atoms with Gasteiger partial charge in [0.25, 0.3) is 5.56 Å². The Hall–Kier alpha value is -2.61. The Morgan fingerprint density at radius 3 is 2.42 bits per heavy atom. The number of ether oxygens (including phenoxy) is 2. The van der Waals surface area contributed by atoms with Gasteiger partial charge in [0.1, 0.15) is 6.61 Å². The average Bonchev–Trinajstić information content (AvgIpc) is 3.50. The van der Waals surface area contributed by atoms with E-state index in [1.165, 1.54) is 11.0 Å². The standard InChI is InChI=1S/C25H35N3O4Si/c1-6-31-23(30)20-21(32-17-18-10-8-7-9-11-18)22(29)27(2)24(26-20)28-14-12-25(13-15-28)16-19(25)33(3,4)5/h7-11,19H,6,12-17H2,1-5H3. The van der Waals surface area contributed by atoms with E-state index in [-0.39, 0.29) is 30.2 Å².